The zero-order valence-electron chi connectivity index (χ0n) is 18.5. The van der Waals surface area contributed by atoms with Gasteiger partial charge in [-0.05, 0) is 43.7 Å². The van der Waals surface area contributed by atoms with Crippen LogP contribution < -0.4 is 16.4 Å². The molecule has 4 N–H and O–H groups in total. The highest BCUT2D eigenvalue weighted by atomic mass is 19.4. The molecule has 0 spiro atoms. The number of amides is 3. The minimum Gasteiger partial charge on any atom is -0.354 e. The minimum atomic E-state index is -4.42. The fraction of sp³-hybridized carbons (Fsp3) is 0.591. The van der Waals surface area contributed by atoms with Gasteiger partial charge in [-0.1, -0.05) is 32.0 Å². The average Bonchev–Trinajstić information content (AvgIpc) is 3.20. The summed E-state index contributed by atoms with van der Waals surface area (Å²) in [6.07, 6.45) is -3.07. The summed E-state index contributed by atoms with van der Waals surface area (Å²) >= 11 is 0. The summed E-state index contributed by atoms with van der Waals surface area (Å²) < 4.78 is 38.5. The molecule has 0 aliphatic carbocycles. The summed E-state index contributed by atoms with van der Waals surface area (Å²) in [5.41, 5.74) is 5.31. The van der Waals surface area contributed by atoms with Crippen LogP contribution in [0.3, 0.4) is 0 Å². The third kappa shape index (κ3) is 6.69. The molecule has 178 valence electrons. The van der Waals surface area contributed by atoms with Crippen LogP contribution in [0.2, 0.25) is 0 Å². The van der Waals surface area contributed by atoms with E-state index in [2.05, 4.69) is 10.6 Å². The fourth-order valence-electron chi connectivity index (χ4n) is 3.63. The van der Waals surface area contributed by atoms with Crippen molar-refractivity contribution < 1.29 is 27.6 Å². The Kier molecular flexibility index (Phi) is 8.65. The number of carbonyl (C=O) groups excluding carboxylic acids is 3. The van der Waals surface area contributed by atoms with E-state index in [0.717, 1.165) is 12.1 Å². The number of hydrogen-bond donors (Lipinski definition) is 3. The van der Waals surface area contributed by atoms with Crippen LogP contribution in [0.25, 0.3) is 0 Å². The molecule has 0 bridgehead atoms. The van der Waals surface area contributed by atoms with Gasteiger partial charge in [0.1, 0.15) is 12.1 Å². The van der Waals surface area contributed by atoms with E-state index in [4.69, 9.17) is 5.73 Å². The Labute approximate surface area is 185 Å². The number of nitrogens with two attached hydrogens (primary N) is 1. The molecular formula is C22H31F3N4O3. The maximum atomic E-state index is 13.1. The highest BCUT2D eigenvalue weighted by molar-refractivity contribution is 5.93. The second-order valence-corrected chi connectivity index (χ2v) is 8.45. The van der Waals surface area contributed by atoms with E-state index in [9.17, 15) is 27.6 Å². The smallest absolute Gasteiger partial charge is 0.354 e. The maximum Gasteiger partial charge on any atom is 0.416 e. The first-order valence-electron chi connectivity index (χ1n) is 10.7. The Balaban J connectivity index is 1.98. The van der Waals surface area contributed by atoms with Gasteiger partial charge in [-0.15, -0.1) is 0 Å². The Morgan fingerprint density at radius 3 is 2.50 bits per heavy atom. The summed E-state index contributed by atoms with van der Waals surface area (Å²) in [4.78, 5) is 39.2. The Morgan fingerprint density at radius 2 is 1.91 bits per heavy atom. The topological polar surface area (TPSA) is 105 Å². The standard InChI is InChI=1S/C22H31F3N4O3/c1-13(2)18(28-19(30)14(3)26)21(32)29-11-5-8-17(29)20(31)27-10-9-15-6-4-7-16(12-15)22(23,24)25/h4,6-7,12-14,17-18H,5,8-11,26H2,1-3H3,(H,27,31)(H,28,30)/t14-,17-,18-/m0/s1. The van der Waals surface area contributed by atoms with Crippen molar-refractivity contribution in [2.75, 3.05) is 13.1 Å². The lowest BCUT2D eigenvalue weighted by molar-refractivity contribution is -0.142. The van der Waals surface area contributed by atoms with Gasteiger partial charge in [0.2, 0.25) is 17.7 Å². The molecule has 1 heterocycles. The molecule has 1 aromatic rings. The van der Waals surface area contributed by atoms with Gasteiger partial charge in [0.25, 0.3) is 0 Å². The van der Waals surface area contributed by atoms with Crippen LogP contribution >= 0.6 is 0 Å². The molecule has 32 heavy (non-hydrogen) atoms. The molecular weight excluding hydrogens is 425 g/mol. The zero-order chi connectivity index (χ0) is 24.1. The van der Waals surface area contributed by atoms with Crippen molar-refractivity contribution in [1.82, 2.24) is 15.5 Å². The molecule has 7 nitrogen and oxygen atoms in total. The summed E-state index contributed by atoms with van der Waals surface area (Å²) in [7, 11) is 0. The quantitative estimate of drug-likeness (QED) is 0.555. The minimum absolute atomic E-state index is 0.147. The monoisotopic (exact) mass is 456 g/mol. The number of nitrogens with zero attached hydrogens (tertiary/aromatic N) is 1. The first-order valence-corrected chi connectivity index (χ1v) is 10.7. The number of hydrogen-bond acceptors (Lipinski definition) is 4. The maximum absolute atomic E-state index is 13.1. The molecule has 10 heteroatoms. The lowest BCUT2D eigenvalue weighted by Gasteiger charge is -2.30. The second kappa shape index (κ2) is 10.8. The normalized spacial score (nSPS) is 18.4. The Bertz CT molecular complexity index is 827. The van der Waals surface area contributed by atoms with Crippen molar-refractivity contribution in [3.63, 3.8) is 0 Å². The van der Waals surface area contributed by atoms with E-state index in [1.807, 2.05) is 0 Å². The molecule has 3 amide bonds. The number of nitrogens with one attached hydrogen (secondary N) is 2. The van der Waals surface area contributed by atoms with Crippen LogP contribution in [-0.2, 0) is 27.0 Å². The largest absolute Gasteiger partial charge is 0.416 e. The SMILES string of the molecule is CC(C)[C@H](NC(=O)[C@H](C)N)C(=O)N1CCC[C@H]1C(=O)NCCc1cccc(C(F)(F)F)c1. The van der Waals surface area contributed by atoms with Crippen molar-refractivity contribution in [3.8, 4) is 0 Å². The van der Waals surface area contributed by atoms with Crippen LogP contribution in [0.5, 0.6) is 0 Å². The van der Waals surface area contributed by atoms with Gasteiger partial charge < -0.3 is 21.3 Å². The molecule has 2 rings (SSSR count). The van der Waals surface area contributed by atoms with Crippen LogP contribution in [0, 0.1) is 5.92 Å². The van der Waals surface area contributed by atoms with E-state index in [-0.39, 0.29) is 30.7 Å². The lowest BCUT2D eigenvalue weighted by Crippen LogP contribution is -2.57. The van der Waals surface area contributed by atoms with Gasteiger partial charge in [0.15, 0.2) is 0 Å². The number of likely N-dealkylation sites (tertiary alicyclic amines) is 1. The molecule has 1 aromatic carbocycles. The number of alkyl halides is 3. The summed E-state index contributed by atoms with van der Waals surface area (Å²) in [5.74, 6) is -1.35. The third-order valence-corrected chi connectivity index (χ3v) is 5.45. The van der Waals surface area contributed by atoms with Crippen molar-refractivity contribution in [2.45, 2.75) is 64.3 Å². The van der Waals surface area contributed by atoms with Crippen molar-refractivity contribution in [2.24, 2.45) is 11.7 Å². The predicted molar refractivity (Wildman–Crippen MR) is 113 cm³/mol. The van der Waals surface area contributed by atoms with Gasteiger partial charge in [-0.3, -0.25) is 14.4 Å². The van der Waals surface area contributed by atoms with E-state index in [0.29, 0.717) is 24.9 Å². The first-order chi connectivity index (χ1) is 14.9. The summed E-state index contributed by atoms with van der Waals surface area (Å²) in [6.45, 7) is 5.65. The fourth-order valence-corrected chi connectivity index (χ4v) is 3.63. The van der Waals surface area contributed by atoms with Crippen molar-refractivity contribution >= 4 is 17.7 Å². The lowest BCUT2D eigenvalue weighted by atomic mass is 10.0. The Morgan fingerprint density at radius 1 is 1.22 bits per heavy atom. The Hall–Kier alpha value is -2.62. The number of rotatable bonds is 8. The molecule has 1 saturated heterocycles. The van der Waals surface area contributed by atoms with Crippen LogP contribution in [-0.4, -0.2) is 53.8 Å². The molecule has 0 unspecified atom stereocenters. The summed E-state index contributed by atoms with van der Waals surface area (Å²) in [6, 6.07) is 2.72. The van der Waals surface area contributed by atoms with E-state index in [1.54, 1.807) is 19.9 Å². The van der Waals surface area contributed by atoms with Gasteiger partial charge in [-0.2, -0.15) is 13.2 Å². The van der Waals surface area contributed by atoms with E-state index >= 15 is 0 Å². The van der Waals surface area contributed by atoms with E-state index < -0.39 is 35.8 Å². The molecule has 1 aliphatic rings. The molecule has 1 fully saturated rings. The summed E-state index contributed by atoms with van der Waals surface area (Å²) in [5, 5.41) is 5.38. The molecule has 0 radical (unpaired) electrons. The second-order valence-electron chi connectivity index (χ2n) is 8.45. The molecule has 0 saturated carbocycles. The molecule has 3 atom stereocenters. The average molecular weight is 457 g/mol. The van der Waals surface area contributed by atoms with Crippen molar-refractivity contribution in [1.29, 1.82) is 0 Å². The third-order valence-electron chi connectivity index (χ3n) is 5.45. The highest BCUT2D eigenvalue weighted by Gasteiger charge is 2.38. The van der Waals surface area contributed by atoms with Gasteiger partial charge >= 0.3 is 6.18 Å². The highest BCUT2D eigenvalue weighted by Crippen LogP contribution is 2.29. The van der Waals surface area contributed by atoms with Gasteiger partial charge in [0, 0.05) is 13.1 Å². The number of carbonyl (C=O) groups is 3. The van der Waals surface area contributed by atoms with E-state index in [1.165, 1.54) is 17.9 Å². The number of benzene rings is 1. The first kappa shape index (κ1) is 25.6. The van der Waals surface area contributed by atoms with Crippen molar-refractivity contribution in [3.05, 3.63) is 35.4 Å². The zero-order valence-corrected chi connectivity index (χ0v) is 18.5. The molecule has 1 aliphatic heterocycles. The van der Waals surface area contributed by atoms with Crippen LogP contribution in [0.15, 0.2) is 24.3 Å². The van der Waals surface area contributed by atoms with Gasteiger partial charge in [0.05, 0.1) is 11.6 Å². The number of halogens is 3. The van der Waals surface area contributed by atoms with Crippen LogP contribution in [0.4, 0.5) is 13.2 Å². The predicted octanol–water partition coefficient (Wildman–Crippen LogP) is 1.84. The molecule has 0 aromatic heterocycles. The van der Waals surface area contributed by atoms with Gasteiger partial charge in [-0.25, -0.2) is 0 Å². The van der Waals surface area contributed by atoms with Crippen LogP contribution in [0.1, 0.15) is 44.7 Å².